The molecule has 2 atom stereocenters. The van der Waals surface area contributed by atoms with Gasteiger partial charge in [0.05, 0.1) is 11.3 Å². The van der Waals surface area contributed by atoms with E-state index in [1.165, 1.54) is 19.3 Å². The van der Waals surface area contributed by atoms with E-state index in [-0.39, 0.29) is 0 Å². The average Bonchev–Trinajstić information content (AvgIpc) is 2.72. The van der Waals surface area contributed by atoms with Crippen LogP contribution in [0.1, 0.15) is 31.7 Å². The van der Waals surface area contributed by atoms with Crippen molar-refractivity contribution in [3.05, 3.63) is 28.2 Å². The summed E-state index contributed by atoms with van der Waals surface area (Å²) in [6.45, 7) is 3.30. The Morgan fingerprint density at radius 2 is 2.29 bits per heavy atom. The zero-order valence-electron chi connectivity index (χ0n) is 10.0. The van der Waals surface area contributed by atoms with Gasteiger partial charge in [-0.1, -0.05) is 19.4 Å². The lowest BCUT2D eigenvalue weighted by molar-refractivity contribution is 0.537. The zero-order chi connectivity index (χ0) is 12.3. The Kier molecular flexibility index (Phi) is 4.06. The van der Waals surface area contributed by atoms with E-state index < -0.39 is 0 Å². The summed E-state index contributed by atoms with van der Waals surface area (Å²) in [4.78, 5) is 0. The first-order chi connectivity index (χ1) is 8.20. The van der Waals surface area contributed by atoms with Gasteiger partial charge in [-0.25, -0.2) is 0 Å². The van der Waals surface area contributed by atoms with Crippen LogP contribution in [0.15, 0.2) is 22.7 Å². The van der Waals surface area contributed by atoms with E-state index in [0.717, 1.165) is 28.5 Å². The summed E-state index contributed by atoms with van der Waals surface area (Å²) in [5.74, 6) is 1.62. The van der Waals surface area contributed by atoms with Crippen molar-refractivity contribution in [1.82, 2.24) is 0 Å². The number of nitriles is 1. The Hall–Kier alpha value is -1.01. The van der Waals surface area contributed by atoms with Gasteiger partial charge < -0.3 is 5.32 Å². The molecule has 2 nitrogen and oxygen atoms in total. The first kappa shape index (κ1) is 12.4. The first-order valence-electron chi connectivity index (χ1n) is 6.13. The van der Waals surface area contributed by atoms with Crippen LogP contribution in [0.25, 0.3) is 0 Å². The van der Waals surface area contributed by atoms with Gasteiger partial charge in [-0.3, -0.25) is 0 Å². The number of hydrogen-bond acceptors (Lipinski definition) is 2. The fourth-order valence-electron chi connectivity index (χ4n) is 2.55. The molecule has 1 aliphatic rings. The predicted octanol–water partition coefficient (Wildman–Crippen LogP) is 4.17. The molecule has 0 spiro atoms. The smallest absolute Gasteiger partial charge is 0.103 e. The number of nitrogens with one attached hydrogen (secondary N) is 1. The predicted molar refractivity (Wildman–Crippen MR) is 73.9 cm³/mol. The number of halogens is 1. The standard InChI is InChI=1S/C14H17BrN2/c1-10-5-6-11(7-10)9-17-14-4-2-3-13(15)12(14)8-16/h2-4,10-11,17H,5-7,9H2,1H3. The molecule has 0 aliphatic heterocycles. The third-order valence-electron chi connectivity index (χ3n) is 3.51. The lowest BCUT2D eigenvalue weighted by atomic mass is 10.1. The van der Waals surface area contributed by atoms with Gasteiger partial charge in [-0.2, -0.15) is 5.26 Å². The highest BCUT2D eigenvalue weighted by atomic mass is 79.9. The Labute approximate surface area is 111 Å². The maximum absolute atomic E-state index is 9.11. The minimum absolute atomic E-state index is 0.707. The molecule has 2 rings (SSSR count). The topological polar surface area (TPSA) is 35.8 Å². The van der Waals surface area contributed by atoms with Crippen LogP contribution < -0.4 is 5.32 Å². The summed E-state index contributed by atoms with van der Waals surface area (Å²) in [5, 5.41) is 12.5. The van der Waals surface area contributed by atoms with Crippen LogP contribution >= 0.6 is 15.9 Å². The first-order valence-corrected chi connectivity index (χ1v) is 6.92. The van der Waals surface area contributed by atoms with E-state index in [0.29, 0.717) is 5.56 Å². The van der Waals surface area contributed by atoms with Crippen molar-refractivity contribution in [1.29, 1.82) is 5.26 Å². The van der Waals surface area contributed by atoms with Crippen LogP contribution in [0.5, 0.6) is 0 Å². The maximum atomic E-state index is 9.11. The van der Waals surface area contributed by atoms with E-state index in [9.17, 15) is 0 Å². The van der Waals surface area contributed by atoms with Gasteiger partial charge in [-0.05, 0) is 52.7 Å². The molecule has 90 valence electrons. The molecule has 1 fully saturated rings. The molecular formula is C14H17BrN2. The van der Waals surface area contributed by atoms with Gasteiger partial charge in [0.1, 0.15) is 6.07 Å². The van der Waals surface area contributed by atoms with Crippen molar-refractivity contribution in [2.24, 2.45) is 11.8 Å². The van der Waals surface area contributed by atoms with Crippen molar-refractivity contribution in [3.63, 3.8) is 0 Å². The van der Waals surface area contributed by atoms with Gasteiger partial charge in [0.15, 0.2) is 0 Å². The zero-order valence-corrected chi connectivity index (χ0v) is 11.6. The van der Waals surface area contributed by atoms with Crippen LogP contribution in [-0.2, 0) is 0 Å². The highest BCUT2D eigenvalue weighted by Gasteiger charge is 2.21. The Morgan fingerprint density at radius 1 is 1.47 bits per heavy atom. The molecule has 1 aliphatic carbocycles. The highest BCUT2D eigenvalue weighted by molar-refractivity contribution is 9.10. The lowest BCUT2D eigenvalue weighted by Gasteiger charge is -2.13. The molecule has 3 heteroatoms. The second-order valence-corrected chi connectivity index (χ2v) is 5.79. The quantitative estimate of drug-likeness (QED) is 0.908. The van der Waals surface area contributed by atoms with Crippen molar-refractivity contribution >= 4 is 21.6 Å². The summed E-state index contributed by atoms with van der Waals surface area (Å²) in [6.07, 6.45) is 3.96. The molecule has 1 aromatic carbocycles. The highest BCUT2D eigenvalue weighted by Crippen LogP contribution is 2.31. The Balaban J connectivity index is 2.00. The SMILES string of the molecule is CC1CCC(CNc2cccc(Br)c2C#N)C1. The van der Waals surface area contributed by atoms with Gasteiger partial charge in [0.25, 0.3) is 0 Å². The van der Waals surface area contributed by atoms with Crippen molar-refractivity contribution in [2.75, 3.05) is 11.9 Å². The molecule has 0 radical (unpaired) electrons. The molecule has 0 amide bonds. The minimum atomic E-state index is 0.707. The van der Waals surface area contributed by atoms with E-state index >= 15 is 0 Å². The van der Waals surface area contributed by atoms with E-state index in [2.05, 4.69) is 34.2 Å². The fourth-order valence-corrected chi connectivity index (χ4v) is 3.00. The third-order valence-corrected chi connectivity index (χ3v) is 4.17. The Morgan fingerprint density at radius 3 is 2.94 bits per heavy atom. The summed E-state index contributed by atoms with van der Waals surface area (Å²) < 4.78 is 0.866. The molecule has 17 heavy (non-hydrogen) atoms. The molecular weight excluding hydrogens is 276 g/mol. The van der Waals surface area contributed by atoms with Crippen molar-refractivity contribution in [3.8, 4) is 6.07 Å². The fraction of sp³-hybridized carbons (Fsp3) is 0.500. The molecule has 1 saturated carbocycles. The van der Waals surface area contributed by atoms with Crippen LogP contribution in [-0.4, -0.2) is 6.54 Å². The van der Waals surface area contributed by atoms with Gasteiger partial charge in [-0.15, -0.1) is 0 Å². The molecule has 0 saturated heterocycles. The van der Waals surface area contributed by atoms with Crippen LogP contribution in [0.4, 0.5) is 5.69 Å². The van der Waals surface area contributed by atoms with Crippen LogP contribution in [0, 0.1) is 23.2 Å². The largest absolute Gasteiger partial charge is 0.384 e. The molecule has 0 bridgehead atoms. The second-order valence-electron chi connectivity index (χ2n) is 4.94. The van der Waals surface area contributed by atoms with Gasteiger partial charge in [0, 0.05) is 11.0 Å². The van der Waals surface area contributed by atoms with Crippen molar-refractivity contribution in [2.45, 2.75) is 26.2 Å². The van der Waals surface area contributed by atoms with E-state index in [4.69, 9.17) is 5.26 Å². The normalized spacial score (nSPS) is 23.4. The average molecular weight is 293 g/mol. The summed E-state index contributed by atoms with van der Waals surface area (Å²) in [6, 6.07) is 8.08. The summed E-state index contributed by atoms with van der Waals surface area (Å²) >= 11 is 3.41. The molecule has 1 aromatic rings. The number of nitrogens with zero attached hydrogens (tertiary/aromatic N) is 1. The van der Waals surface area contributed by atoms with Crippen LogP contribution in [0.2, 0.25) is 0 Å². The molecule has 2 unspecified atom stereocenters. The summed E-state index contributed by atoms with van der Waals surface area (Å²) in [7, 11) is 0. The minimum Gasteiger partial charge on any atom is -0.384 e. The van der Waals surface area contributed by atoms with E-state index in [1.807, 2.05) is 18.2 Å². The van der Waals surface area contributed by atoms with Crippen LogP contribution in [0.3, 0.4) is 0 Å². The molecule has 0 aromatic heterocycles. The third kappa shape index (κ3) is 3.01. The second kappa shape index (κ2) is 5.55. The van der Waals surface area contributed by atoms with E-state index in [1.54, 1.807) is 0 Å². The van der Waals surface area contributed by atoms with Crippen molar-refractivity contribution < 1.29 is 0 Å². The number of hydrogen-bond donors (Lipinski definition) is 1. The maximum Gasteiger partial charge on any atom is 0.103 e. The molecule has 1 N–H and O–H groups in total. The lowest BCUT2D eigenvalue weighted by Crippen LogP contribution is -2.12. The van der Waals surface area contributed by atoms with Gasteiger partial charge in [0.2, 0.25) is 0 Å². The molecule has 0 heterocycles. The Bertz CT molecular complexity index is 436. The monoisotopic (exact) mass is 292 g/mol. The number of anilines is 1. The van der Waals surface area contributed by atoms with Gasteiger partial charge >= 0.3 is 0 Å². The number of rotatable bonds is 3. The summed E-state index contributed by atoms with van der Waals surface area (Å²) in [5.41, 5.74) is 1.65. The number of benzene rings is 1.